The summed E-state index contributed by atoms with van der Waals surface area (Å²) in [7, 11) is -9.65. The van der Waals surface area contributed by atoms with Crippen LogP contribution in [0.4, 0.5) is 17.6 Å². The highest BCUT2D eigenvalue weighted by Gasteiger charge is 2.46. The predicted octanol–water partition coefficient (Wildman–Crippen LogP) is 8.78. The number of rotatable bonds is 10. The molecule has 0 atom stereocenters. The molecule has 0 amide bonds. The third-order valence-electron chi connectivity index (χ3n) is 8.24. The zero-order valence-corrected chi connectivity index (χ0v) is 28.6. The predicted molar refractivity (Wildman–Crippen MR) is 183 cm³/mol. The molecule has 0 spiro atoms. The van der Waals surface area contributed by atoms with Crippen LogP contribution in [-0.2, 0) is 25.7 Å². The van der Waals surface area contributed by atoms with Crippen molar-refractivity contribution in [2.45, 2.75) is 29.1 Å². The summed E-state index contributed by atoms with van der Waals surface area (Å²) in [6.07, 6.45) is 0. The van der Waals surface area contributed by atoms with E-state index in [1.165, 1.54) is 97.1 Å². The fourth-order valence-corrected chi connectivity index (χ4v) is 7.79. The monoisotopic (exact) mass is 732 g/mol. The van der Waals surface area contributed by atoms with E-state index in [1.54, 1.807) is 26.0 Å². The van der Waals surface area contributed by atoms with Gasteiger partial charge in [0.2, 0.25) is 0 Å². The third kappa shape index (κ3) is 6.84. The maximum Gasteiger partial charge on any atom is 0.339 e. The molecule has 0 bridgehead atoms. The van der Waals surface area contributed by atoms with Crippen LogP contribution in [0.5, 0.6) is 11.5 Å². The molecule has 6 rings (SSSR count). The molecule has 0 N–H and O–H groups in total. The normalized spacial score (nSPS) is 12.0. The van der Waals surface area contributed by atoms with Crippen molar-refractivity contribution < 1.29 is 42.8 Å². The van der Waals surface area contributed by atoms with E-state index < -0.39 is 71.5 Å². The smallest absolute Gasteiger partial charge is 0.339 e. The fraction of sp³-hybridized carbons (Fsp3) is 0.0769. The van der Waals surface area contributed by atoms with Gasteiger partial charge in [-0.1, -0.05) is 96.1 Å². The highest BCUT2D eigenvalue weighted by Crippen LogP contribution is 2.53. The molecule has 0 heterocycles. The van der Waals surface area contributed by atoms with E-state index in [4.69, 9.17) is 8.37 Å². The topological polar surface area (TPSA) is 86.7 Å². The number of halogens is 4. The molecule has 6 nitrogen and oxygen atoms in total. The molecule has 0 fully saturated rings. The highest BCUT2D eigenvalue weighted by atomic mass is 32.2. The molecule has 12 heteroatoms. The van der Waals surface area contributed by atoms with Gasteiger partial charge in [-0.3, -0.25) is 0 Å². The average molecular weight is 733 g/mol. The average Bonchev–Trinajstić information content (AvgIpc) is 3.09. The first-order chi connectivity index (χ1) is 24.2. The van der Waals surface area contributed by atoms with Crippen molar-refractivity contribution in [2.75, 3.05) is 0 Å². The Labute approximate surface area is 292 Å². The summed E-state index contributed by atoms with van der Waals surface area (Å²) in [4.78, 5) is -0.726. The Morgan fingerprint density at radius 1 is 0.471 bits per heavy atom. The largest absolute Gasteiger partial charge is 0.375 e. The third-order valence-corrected chi connectivity index (χ3v) is 10.7. The molecule has 6 aromatic carbocycles. The minimum Gasteiger partial charge on any atom is -0.375 e. The van der Waals surface area contributed by atoms with Crippen LogP contribution < -0.4 is 8.37 Å². The molecule has 0 aromatic heterocycles. The maximum absolute atomic E-state index is 16.2. The summed E-state index contributed by atoms with van der Waals surface area (Å²) in [5.41, 5.74) is -1.84. The molecular formula is C39H28F4O6S2. The van der Waals surface area contributed by atoms with E-state index in [-0.39, 0.29) is 20.9 Å². The van der Waals surface area contributed by atoms with Crippen LogP contribution >= 0.6 is 0 Å². The minimum absolute atomic E-state index is 0.0846. The van der Waals surface area contributed by atoms with Crippen LogP contribution in [0.25, 0.3) is 0 Å². The van der Waals surface area contributed by atoms with Gasteiger partial charge in [0.25, 0.3) is 0 Å². The summed E-state index contributed by atoms with van der Waals surface area (Å²) in [5.74, 6) is -7.37. The molecule has 0 saturated heterocycles. The van der Waals surface area contributed by atoms with Crippen LogP contribution in [0.2, 0.25) is 0 Å². The van der Waals surface area contributed by atoms with E-state index in [0.717, 1.165) is 23.3 Å². The van der Waals surface area contributed by atoms with Crippen molar-refractivity contribution >= 4 is 20.2 Å². The Hall–Kier alpha value is -5.46. The molecular weight excluding hydrogens is 705 g/mol. The number of hydrogen-bond acceptors (Lipinski definition) is 6. The lowest BCUT2D eigenvalue weighted by Gasteiger charge is -2.38. The summed E-state index contributed by atoms with van der Waals surface area (Å²) < 4.78 is 129. The molecule has 0 aliphatic heterocycles. The van der Waals surface area contributed by atoms with E-state index in [0.29, 0.717) is 12.1 Å². The Morgan fingerprint density at radius 3 is 1.14 bits per heavy atom. The molecule has 0 aliphatic carbocycles. The van der Waals surface area contributed by atoms with Crippen molar-refractivity contribution in [1.29, 1.82) is 0 Å². The van der Waals surface area contributed by atoms with Crippen LogP contribution in [0, 0.1) is 37.1 Å². The quantitative estimate of drug-likeness (QED) is 0.0796. The summed E-state index contributed by atoms with van der Waals surface area (Å²) in [6.45, 7) is 3.44. The number of aryl methyl sites for hydroxylation is 2. The summed E-state index contributed by atoms with van der Waals surface area (Å²) >= 11 is 0. The van der Waals surface area contributed by atoms with Gasteiger partial charge in [-0.05, 0) is 61.4 Å². The second-order valence-corrected chi connectivity index (χ2v) is 14.8. The Balaban J connectivity index is 1.75. The van der Waals surface area contributed by atoms with E-state index in [9.17, 15) is 16.8 Å². The Morgan fingerprint density at radius 2 is 0.804 bits per heavy atom. The fourth-order valence-electron chi connectivity index (χ4n) is 5.88. The summed E-state index contributed by atoms with van der Waals surface area (Å²) in [6, 6.07) is 28.4. The zero-order valence-electron chi connectivity index (χ0n) is 27.0. The van der Waals surface area contributed by atoms with Crippen LogP contribution in [-0.4, -0.2) is 16.8 Å². The van der Waals surface area contributed by atoms with Crippen molar-refractivity contribution in [2.24, 2.45) is 0 Å². The minimum atomic E-state index is -4.83. The maximum atomic E-state index is 16.2. The second-order valence-electron chi connectivity index (χ2n) is 11.7. The molecule has 6 aromatic rings. The molecule has 0 aliphatic rings. The van der Waals surface area contributed by atoms with Gasteiger partial charge >= 0.3 is 20.2 Å². The molecule has 0 radical (unpaired) electrons. The van der Waals surface area contributed by atoms with Crippen LogP contribution in [0.1, 0.15) is 33.4 Å². The SMILES string of the molecule is Cc1ccc(S(=O)(=O)Oc2c(F)cc(F)cc2C(c2ccccc2)(c2ccccc2)c2cc(F)cc(F)c2OS(=O)(=O)c2ccc(C)cc2)cc1. The molecule has 51 heavy (non-hydrogen) atoms. The van der Waals surface area contributed by atoms with Crippen LogP contribution in [0.15, 0.2) is 143 Å². The number of hydrogen-bond donors (Lipinski definition) is 0. The van der Waals surface area contributed by atoms with Crippen molar-refractivity contribution in [3.8, 4) is 11.5 Å². The second kappa shape index (κ2) is 13.7. The first-order valence-electron chi connectivity index (χ1n) is 15.3. The first-order valence-corrected chi connectivity index (χ1v) is 18.2. The number of benzene rings is 6. The van der Waals surface area contributed by atoms with Gasteiger partial charge in [-0.2, -0.15) is 16.8 Å². The zero-order chi connectivity index (χ0) is 36.6. The van der Waals surface area contributed by atoms with Gasteiger partial charge in [0.05, 0.1) is 5.41 Å². The molecule has 0 saturated carbocycles. The van der Waals surface area contributed by atoms with E-state index in [1.807, 2.05) is 0 Å². The lowest BCUT2D eigenvalue weighted by Crippen LogP contribution is -2.34. The van der Waals surface area contributed by atoms with Gasteiger partial charge in [-0.15, -0.1) is 0 Å². The standard InChI is InChI=1S/C39H28F4O6S2/c1-25-13-17-31(18-14-25)50(44,45)48-37-33(21-29(40)23-35(37)42)39(27-9-5-3-6-10-27,28-11-7-4-8-12-28)34-22-30(41)24-36(43)38(34)49-51(46,47)32-19-15-26(2)16-20-32/h3-24H,1-2H3. The van der Waals surface area contributed by atoms with Crippen molar-refractivity contribution in [3.63, 3.8) is 0 Å². The van der Waals surface area contributed by atoms with Gasteiger partial charge < -0.3 is 8.37 Å². The summed E-state index contributed by atoms with van der Waals surface area (Å²) in [5, 5.41) is 0. The lowest BCUT2D eigenvalue weighted by atomic mass is 9.64. The first kappa shape index (κ1) is 35.4. The molecule has 0 unspecified atom stereocenters. The van der Waals surface area contributed by atoms with E-state index in [2.05, 4.69) is 0 Å². The van der Waals surface area contributed by atoms with Crippen LogP contribution in [0.3, 0.4) is 0 Å². The van der Waals surface area contributed by atoms with Gasteiger partial charge in [0, 0.05) is 23.3 Å². The Bertz CT molecular complexity index is 2260. The van der Waals surface area contributed by atoms with Gasteiger partial charge in [0.1, 0.15) is 21.4 Å². The van der Waals surface area contributed by atoms with Crippen molar-refractivity contribution in [1.82, 2.24) is 0 Å². The lowest BCUT2D eigenvalue weighted by molar-refractivity contribution is 0.438. The van der Waals surface area contributed by atoms with Gasteiger partial charge in [-0.25, -0.2) is 17.6 Å². The van der Waals surface area contributed by atoms with Crippen molar-refractivity contribution in [3.05, 3.63) is 190 Å². The van der Waals surface area contributed by atoms with E-state index >= 15 is 17.6 Å². The highest BCUT2D eigenvalue weighted by molar-refractivity contribution is 7.87. The molecule has 260 valence electrons. The Kier molecular flexibility index (Phi) is 9.49. The van der Waals surface area contributed by atoms with Gasteiger partial charge in [0.15, 0.2) is 23.1 Å².